The average molecular weight is 415 g/mol. The average Bonchev–Trinajstić information content (AvgIpc) is 2.60. The summed E-state index contributed by atoms with van der Waals surface area (Å²) in [6.07, 6.45) is -4.18. The van der Waals surface area contributed by atoms with Gasteiger partial charge in [-0.3, -0.25) is 33.7 Å². The van der Waals surface area contributed by atoms with Crippen LogP contribution in [0.2, 0.25) is 0 Å². The van der Waals surface area contributed by atoms with Crippen LogP contribution in [-0.4, -0.2) is 71.6 Å². The molecular weight excluding hydrogens is 390 g/mol. The maximum absolute atomic E-state index is 12.1. The predicted molar refractivity (Wildman–Crippen MR) is 93.8 cm³/mol. The van der Waals surface area contributed by atoms with E-state index in [-0.39, 0.29) is 0 Å². The first-order chi connectivity index (χ1) is 13.4. The minimum atomic E-state index is -1.45. The Bertz CT molecular complexity index is 687. The zero-order valence-corrected chi connectivity index (χ0v) is 17.1. The number of carbonyl (C=O) groups excluding carboxylic acids is 6. The van der Waals surface area contributed by atoms with Crippen LogP contribution in [0.25, 0.3) is 0 Å². The summed E-state index contributed by atoms with van der Waals surface area (Å²) in [5.74, 6) is -4.90. The standard InChI is InChI=1S/C18H25NO10/c1-8-17(24)19(18(8)25)9(2)15(28-12(5)22)16(29-13(6)23)14(27-11(4)21)7-26-10(3)20/h8-9,14-16H,7H2,1-6H3/t9-,14+,15-,16-/m1/s1. The van der Waals surface area contributed by atoms with Gasteiger partial charge in [-0.15, -0.1) is 0 Å². The Labute approximate surface area is 167 Å². The first kappa shape index (κ1) is 24.1. The van der Waals surface area contributed by atoms with Crippen molar-refractivity contribution in [1.29, 1.82) is 0 Å². The molecule has 1 fully saturated rings. The molecule has 11 heteroatoms. The summed E-state index contributed by atoms with van der Waals surface area (Å²) >= 11 is 0. The van der Waals surface area contributed by atoms with Gasteiger partial charge in [-0.2, -0.15) is 0 Å². The van der Waals surface area contributed by atoms with Crippen molar-refractivity contribution in [2.24, 2.45) is 5.92 Å². The summed E-state index contributed by atoms with van der Waals surface area (Å²) in [4.78, 5) is 71.2. The van der Waals surface area contributed by atoms with Gasteiger partial charge in [0.15, 0.2) is 18.3 Å². The molecule has 1 saturated heterocycles. The van der Waals surface area contributed by atoms with Gasteiger partial charge >= 0.3 is 23.9 Å². The molecule has 11 nitrogen and oxygen atoms in total. The molecule has 1 rings (SSSR count). The normalized spacial score (nSPS) is 18.1. The highest BCUT2D eigenvalue weighted by molar-refractivity contribution is 6.17. The number of likely N-dealkylation sites (tertiary alicyclic amines) is 1. The molecule has 0 spiro atoms. The van der Waals surface area contributed by atoms with Crippen LogP contribution in [0.3, 0.4) is 0 Å². The van der Waals surface area contributed by atoms with Gasteiger partial charge in [0.1, 0.15) is 12.5 Å². The zero-order valence-electron chi connectivity index (χ0n) is 17.1. The number of hydrogen-bond donors (Lipinski definition) is 0. The second kappa shape index (κ2) is 9.99. The maximum atomic E-state index is 12.1. The molecule has 0 aromatic carbocycles. The SMILES string of the molecule is CC(=O)OC[C@H](OC(C)=O)[C@@H](OC(C)=O)[C@H](OC(C)=O)[C@@H](C)N1C(=O)C(C)C1=O. The second-order valence-electron chi connectivity index (χ2n) is 6.61. The van der Waals surface area contributed by atoms with Crippen molar-refractivity contribution in [3.05, 3.63) is 0 Å². The maximum Gasteiger partial charge on any atom is 0.303 e. The number of amides is 2. The molecular formula is C18H25NO10. The third-order valence-corrected chi connectivity index (χ3v) is 4.16. The highest BCUT2D eigenvalue weighted by atomic mass is 16.6. The minimum Gasteiger partial charge on any atom is -0.462 e. The van der Waals surface area contributed by atoms with Crippen LogP contribution in [0.15, 0.2) is 0 Å². The molecule has 0 unspecified atom stereocenters. The number of hydrogen-bond acceptors (Lipinski definition) is 10. The lowest BCUT2D eigenvalue weighted by Gasteiger charge is -2.43. The molecule has 4 atom stereocenters. The Morgan fingerprint density at radius 3 is 1.69 bits per heavy atom. The summed E-state index contributed by atoms with van der Waals surface area (Å²) in [6, 6.07) is -1.05. The second-order valence-corrected chi connectivity index (χ2v) is 6.61. The molecule has 29 heavy (non-hydrogen) atoms. The summed E-state index contributed by atoms with van der Waals surface area (Å²) in [5.41, 5.74) is 0. The molecule has 0 bridgehead atoms. The Morgan fingerprint density at radius 2 is 1.28 bits per heavy atom. The lowest BCUT2D eigenvalue weighted by atomic mass is 9.92. The fourth-order valence-electron chi connectivity index (χ4n) is 2.90. The fraction of sp³-hybridized carbons (Fsp3) is 0.667. The van der Waals surface area contributed by atoms with E-state index in [4.69, 9.17) is 18.9 Å². The van der Waals surface area contributed by atoms with Crippen molar-refractivity contribution in [3.8, 4) is 0 Å². The lowest BCUT2D eigenvalue weighted by molar-refractivity contribution is -0.199. The van der Waals surface area contributed by atoms with Crippen molar-refractivity contribution >= 4 is 35.7 Å². The number of β-lactam (4-membered cyclic amide) rings is 2. The number of nitrogens with zero attached hydrogens (tertiary/aromatic N) is 1. The molecule has 0 aromatic rings. The molecule has 162 valence electrons. The fourth-order valence-corrected chi connectivity index (χ4v) is 2.90. The third-order valence-electron chi connectivity index (χ3n) is 4.16. The van der Waals surface area contributed by atoms with E-state index in [0.29, 0.717) is 0 Å². The summed E-state index contributed by atoms with van der Waals surface area (Å²) < 4.78 is 20.4. The highest BCUT2D eigenvalue weighted by Crippen LogP contribution is 2.28. The largest absolute Gasteiger partial charge is 0.462 e. The van der Waals surface area contributed by atoms with Crippen molar-refractivity contribution in [3.63, 3.8) is 0 Å². The van der Waals surface area contributed by atoms with E-state index in [2.05, 4.69) is 0 Å². The highest BCUT2D eigenvalue weighted by Gasteiger charge is 2.51. The Balaban J connectivity index is 3.31. The molecule has 1 aliphatic heterocycles. The van der Waals surface area contributed by atoms with Gasteiger partial charge in [-0.05, 0) is 13.8 Å². The van der Waals surface area contributed by atoms with Crippen molar-refractivity contribution in [1.82, 2.24) is 4.90 Å². The van der Waals surface area contributed by atoms with E-state index in [1.165, 1.54) is 13.8 Å². The number of imide groups is 1. The number of ether oxygens (including phenoxy) is 4. The quantitative estimate of drug-likeness (QED) is 0.214. The minimum absolute atomic E-state index is 0.495. The molecule has 0 N–H and O–H groups in total. The lowest BCUT2D eigenvalue weighted by Crippen LogP contribution is -2.65. The van der Waals surface area contributed by atoms with Crippen LogP contribution in [0.5, 0.6) is 0 Å². The Morgan fingerprint density at radius 1 is 0.828 bits per heavy atom. The smallest absolute Gasteiger partial charge is 0.303 e. The predicted octanol–water partition coefficient (Wildman–Crippen LogP) is -0.262. The van der Waals surface area contributed by atoms with E-state index in [1.807, 2.05) is 0 Å². The third kappa shape index (κ3) is 6.26. The van der Waals surface area contributed by atoms with E-state index < -0.39 is 72.6 Å². The first-order valence-corrected chi connectivity index (χ1v) is 8.88. The Kier molecular flexibility index (Phi) is 8.28. The van der Waals surface area contributed by atoms with E-state index in [9.17, 15) is 28.8 Å². The summed E-state index contributed by atoms with van der Waals surface area (Å²) in [5, 5.41) is 0. The van der Waals surface area contributed by atoms with E-state index in [0.717, 1.165) is 32.6 Å². The summed E-state index contributed by atoms with van der Waals surface area (Å²) in [7, 11) is 0. The van der Waals surface area contributed by atoms with Crippen LogP contribution < -0.4 is 0 Å². The molecule has 1 aliphatic rings. The molecule has 1 heterocycles. The van der Waals surface area contributed by atoms with Crippen molar-refractivity contribution in [2.75, 3.05) is 6.61 Å². The van der Waals surface area contributed by atoms with Gasteiger partial charge < -0.3 is 18.9 Å². The van der Waals surface area contributed by atoms with Crippen molar-refractivity contribution in [2.45, 2.75) is 65.9 Å². The van der Waals surface area contributed by atoms with Gasteiger partial charge in [0.25, 0.3) is 0 Å². The van der Waals surface area contributed by atoms with Gasteiger partial charge in [0.2, 0.25) is 11.8 Å². The molecule has 0 aromatic heterocycles. The number of rotatable bonds is 9. The molecule has 2 amide bonds. The molecule has 0 saturated carbocycles. The topological polar surface area (TPSA) is 143 Å². The van der Waals surface area contributed by atoms with E-state index >= 15 is 0 Å². The van der Waals surface area contributed by atoms with Gasteiger partial charge in [0.05, 0.1) is 6.04 Å². The van der Waals surface area contributed by atoms with Gasteiger partial charge in [-0.1, -0.05) is 0 Å². The number of esters is 4. The van der Waals surface area contributed by atoms with Gasteiger partial charge in [0, 0.05) is 27.7 Å². The van der Waals surface area contributed by atoms with Crippen LogP contribution in [0.4, 0.5) is 0 Å². The van der Waals surface area contributed by atoms with Crippen LogP contribution >= 0.6 is 0 Å². The zero-order chi connectivity index (χ0) is 22.5. The van der Waals surface area contributed by atoms with Crippen LogP contribution in [0.1, 0.15) is 41.5 Å². The summed E-state index contributed by atoms with van der Waals surface area (Å²) in [6.45, 7) is 6.70. The molecule has 0 aliphatic carbocycles. The first-order valence-electron chi connectivity index (χ1n) is 8.88. The van der Waals surface area contributed by atoms with Crippen molar-refractivity contribution < 1.29 is 47.7 Å². The number of carbonyl (C=O) groups is 6. The van der Waals surface area contributed by atoms with Crippen LogP contribution in [-0.2, 0) is 47.7 Å². The monoisotopic (exact) mass is 415 g/mol. The van der Waals surface area contributed by atoms with Crippen LogP contribution in [0, 0.1) is 5.92 Å². The Hall–Kier alpha value is -2.98. The van der Waals surface area contributed by atoms with Gasteiger partial charge in [-0.25, -0.2) is 0 Å². The van der Waals surface area contributed by atoms with E-state index in [1.54, 1.807) is 0 Å². The molecule has 0 radical (unpaired) electrons.